The predicted molar refractivity (Wildman–Crippen MR) is 100 cm³/mol. The maximum absolute atomic E-state index is 13.0. The summed E-state index contributed by atoms with van der Waals surface area (Å²) in [6.07, 6.45) is 3.08. The van der Waals surface area contributed by atoms with Gasteiger partial charge in [-0.25, -0.2) is 9.07 Å². The fourth-order valence-corrected chi connectivity index (χ4v) is 2.70. The van der Waals surface area contributed by atoms with Crippen LogP contribution < -0.4 is 10.9 Å². The van der Waals surface area contributed by atoms with Gasteiger partial charge < -0.3 is 5.32 Å². The standard InChI is InChI=1S/C20H26FN3O2/c1-14(2)5-4-6-15(3)22-19(25)13-24-20(26)12-11-18(23-24)16-7-9-17(21)10-8-16/h7-12,14-15H,4-6,13H2,1-3H3,(H,22,25)/t15-/m1/s1. The van der Waals surface area contributed by atoms with Gasteiger partial charge in [0.2, 0.25) is 5.91 Å². The zero-order valence-corrected chi connectivity index (χ0v) is 15.5. The molecule has 1 aromatic heterocycles. The summed E-state index contributed by atoms with van der Waals surface area (Å²) >= 11 is 0. The number of rotatable bonds is 8. The minimum absolute atomic E-state index is 0.0530. The van der Waals surface area contributed by atoms with E-state index in [-0.39, 0.29) is 29.9 Å². The third kappa shape index (κ3) is 6.10. The van der Waals surface area contributed by atoms with E-state index in [2.05, 4.69) is 24.3 Å². The fraction of sp³-hybridized carbons (Fsp3) is 0.450. The van der Waals surface area contributed by atoms with Gasteiger partial charge in [-0.3, -0.25) is 9.59 Å². The largest absolute Gasteiger partial charge is 0.352 e. The summed E-state index contributed by atoms with van der Waals surface area (Å²) in [5, 5.41) is 7.13. The van der Waals surface area contributed by atoms with Gasteiger partial charge in [0.15, 0.2) is 0 Å². The van der Waals surface area contributed by atoms with Crippen molar-refractivity contribution < 1.29 is 9.18 Å². The summed E-state index contributed by atoms with van der Waals surface area (Å²) in [6.45, 7) is 6.18. The van der Waals surface area contributed by atoms with Crippen molar-refractivity contribution in [1.29, 1.82) is 0 Å². The van der Waals surface area contributed by atoms with Crippen LogP contribution in [0.1, 0.15) is 40.0 Å². The summed E-state index contributed by atoms with van der Waals surface area (Å²) in [6, 6.07) is 8.82. The van der Waals surface area contributed by atoms with E-state index in [0.717, 1.165) is 23.9 Å². The lowest BCUT2D eigenvalue weighted by Gasteiger charge is -2.15. The summed E-state index contributed by atoms with van der Waals surface area (Å²) in [5.41, 5.74) is 0.850. The van der Waals surface area contributed by atoms with Crippen molar-refractivity contribution in [3.05, 3.63) is 52.6 Å². The minimum atomic E-state index is -0.349. The molecule has 0 radical (unpaired) electrons. The molecule has 0 saturated carbocycles. The Morgan fingerprint density at radius 2 is 1.81 bits per heavy atom. The molecule has 0 bridgehead atoms. The average molecular weight is 359 g/mol. The van der Waals surface area contributed by atoms with E-state index >= 15 is 0 Å². The zero-order valence-electron chi connectivity index (χ0n) is 15.5. The van der Waals surface area contributed by atoms with Crippen LogP contribution in [0.25, 0.3) is 11.3 Å². The van der Waals surface area contributed by atoms with Gasteiger partial charge in [0.25, 0.3) is 5.56 Å². The van der Waals surface area contributed by atoms with Gasteiger partial charge >= 0.3 is 0 Å². The number of nitrogens with one attached hydrogen (secondary N) is 1. The molecule has 0 aliphatic heterocycles. The molecule has 1 N–H and O–H groups in total. The Labute approximate surface area is 153 Å². The van der Waals surface area contributed by atoms with Gasteiger partial charge in [0, 0.05) is 17.7 Å². The number of benzene rings is 1. The third-order valence-electron chi connectivity index (χ3n) is 4.13. The second kappa shape index (κ2) is 9.27. The first-order chi connectivity index (χ1) is 12.3. The molecular weight excluding hydrogens is 333 g/mol. The normalized spacial score (nSPS) is 12.2. The molecule has 2 aromatic rings. The first-order valence-corrected chi connectivity index (χ1v) is 8.98. The Bertz CT molecular complexity index is 784. The van der Waals surface area contributed by atoms with E-state index in [1.807, 2.05) is 6.92 Å². The number of nitrogens with zero attached hydrogens (tertiary/aromatic N) is 2. The maximum atomic E-state index is 13.0. The molecule has 6 heteroatoms. The number of carbonyl (C=O) groups excluding carboxylic acids is 1. The zero-order chi connectivity index (χ0) is 19.1. The van der Waals surface area contributed by atoms with Gasteiger partial charge in [-0.1, -0.05) is 26.7 Å². The highest BCUT2D eigenvalue weighted by molar-refractivity contribution is 5.76. The highest BCUT2D eigenvalue weighted by Gasteiger charge is 2.11. The van der Waals surface area contributed by atoms with Crippen molar-refractivity contribution >= 4 is 5.91 Å². The first kappa shape index (κ1) is 19.8. The summed E-state index contributed by atoms with van der Waals surface area (Å²) in [4.78, 5) is 24.2. The highest BCUT2D eigenvalue weighted by atomic mass is 19.1. The number of hydrogen-bond donors (Lipinski definition) is 1. The van der Waals surface area contributed by atoms with E-state index < -0.39 is 0 Å². The van der Waals surface area contributed by atoms with Crippen molar-refractivity contribution in [2.24, 2.45) is 5.92 Å². The minimum Gasteiger partial charge on any atom is -0.352 e. The number of amides is 1. The summed E-state index contributed by atoms with van der Waals surface area (Å²) in [5.74, 6) is 0.0655. The quantitative estimate of drug-likeness (QED) is 0.786. The lowest BCUT2D eigenvalue weighted by atomic mass is 10.0. The maximum Gasteiger partial charge on any atom is 0.267 e. The molecule has 0 fully saturated rings. The number of halogens is 1. The smallest absolute Gasteiger partial charge is 0.267 e. The van der Waals surface area contributed by atoms with Crippen molar-refractivity contribution in [2.75, 3.05) is 0 Å². The number of aromatic nitrogens is 2. The first-order valence-electron chi connectivity index (χ1n) is 8.98. The molecule has 1 amide bonds. The molecule has 5 nitrogen and oxygen atoms in total. The van der Waals surface area contributed by atoms with Gasteiger partial charge in [-0.2, -0.15) is 5.10 Å². The highest BCUT2D eigenvalue weighted by Crippen LogP contribution is 2.15. The molecular formula is C20H26FN3O2. The van der Waals surface area contributed by atoms with Crippen LogP contribution in [-0.2, 0) is 11.3 Å². The van der Waals surface area contributed by atoms with Crippen LogP contribution in [0.5, 0.6) is 0 Å². The number of hydrogen-bond acceptors (Lipinski definition) is 3. The molecule has 0 saturated heterocycles. The lowest BCUT2D eigenvalue weighted by molar-refractivity contribution is -0.122. The van der Waals surface area contributed by atoms with Crippen LogP contribution in [0.15, 0.2) is 41.2 Å². The van der Waals surface area contributed by atoms with Gasteiger partial charge in [0.1, 0.15) is 12.4 Å². The molecule has 1 atom stereocenters. The molecule has 140 valence electrons. The second-order valence-corrected chi connectivity index (χ2v) is 7.01. The summed E-state index contributed by atoms with van der Waals surface area (Å²) in [7, 11) is 0. The van der Waals surface area contributed by atoms with E-state index in [0.29, 0.717) is 17.2 Å². The van der Waals surface area contributed by atoms with Gasteiger partial charge in [0.05, 0.1) is 5.69 Å². The predicted octanol–water partition coefficient (Wildman–Crippen LogP) is 3.38. The van der Waals surface area contributed by atoms with Crippen LogP contribution in [0, 0.1) is 11.7 Å². The van der Waals surface area contributed by atoms with Crippen molar-refractivity contribution in [3.8, 4) is 11.3 Å². The van der Waals surface area contributed by atoms with E-state index in [9.17, 15) is 14.0 Å². The van der Waals surface area contributed by atoms with Crippen LogP contribution in [0.3, 0.4) is 0 Å². The topological polar surface area (TPSA) is 64.0 Å². The molecule has 1 heterocycles. The molecule has 1 aromatic carbocycles. The Balaban J connectivity index is 2.00. The molecule has 0 aliphatic carbocycles. The Kier molecular flexibility index (Phi) is 7.06. The average Bonchev–Trinajstić information content (AvgIpc) is 2.57. The van der Waals surface area contributed by atoms with E-state index in [4.69, 9.17) is 0 Å². The molecule has 26 heavy (non-hydrogen) atoms. The molecule has 0 unspecified atom stereocenters. The van der Waals surface area contributed by atoms with Gasteiger partial charge in [-0.05, 0) is 49.6 Å². The van der Waals surface area contributed by atoms with Crippen molar-refractivity contribution in [3.63, 3.8) is 0 Å². The molecule has 2 rings (SSSR count). The van der Waals surface area contributed by atoms with Crippen molar-refractivity contribution in [1.82, 2.24) is 15.1 Å². The van der Waals surface area contributed by atoms with Crippen LogP contribution in [0.2, 0.25) is 0 Å². The van der Waals surface area contributed by atoms with Crippen LogP contribution in [-0.4, -0.2) is 21.7 Å². The van der Waals surface area contributed by atoms with Crippen molar-refractivity contribution in [2.45, 2.75) is 52.6 Å². The third-order valence-corrected chi connectivity index (χ3v) is 4.13. The SMILES string of the molecule is CC(C)CCC[C@@H](C)NC(=O)Cn1nc(-c2ccc(F)cc2)ccc1=O. The monoisotopic (exact) mass is 359 g/mol. The Hall–Kier alpha value is -2.50. The molecule has 0 aliphatic rings. The number of carbonyl (C=O) groups is 1. The van der Waals surface area contributed by atoms with E-state index in [1.54, 1.807) is 18.2 Å². The molecule has 0 spiro atoms. The Morgan fingerprint density at radius 3 is 2.46 bits per heavy atom. The summed E-state index contributed by atoms with van der Waals surface area (Å²) < 4.78 is 14.2. The van der Waals surface area contributed by atoms with Gasteiger partial charge in [-0.15, -0.1) is 0 Å². The lowest BCUT2D eigenvalue weighted by Crippen LogP contribution is -2.38. The van der Waals surface area contributed by atoms with Crippen LogP contribution >= 0.6 is 0 Å². The van der Waals surface area contributed by atoms with Crippen LogP contribution in [0.4, 0.5) is 4.39 Å². The fourth-order valence-electron chi connectivity index (χ4n) is 2.70. The second-order valence-electron chi connectivity index (χ2n) is 7.01. The van der Waals surface area contributed by atoms with E-state index in [1.165, 1.54) is 18.2 Å². The Morgan fingerprint density at radius 1 is 1.12 bits per heavy atom.